The normalized spacial score (nSPS) is 11.9. The molecular formula is C32H21N3. The van der Waals surface area contributed by atoms with Crippen molar-refractivity contribution in [2.45, 2.75) is 0 Å². The molecule has 35 heavy (non-hydrogen) atoms. The molecule has 0 spiro atoms. The van der Waals surface area contributed by atoms with E-state index in [2.05, 4.69) is 114 Å². The summed E-state index contributed by atoms with van der Waals surface area (Å²) in [5, 5.41) is 1.08. The zero-order chi connectivity index (χ0) is 23.2. The predicted molar refractivity (Wildman–Crippen MR) is 144 cm³/mol. The smallest absolute Gasteiger partial charge is 0.149 e. The van der Waals surface area contributed by atoms with Crippen LogP contribution in [-0.2, 0) is 0 Å². The summed E-state index contributed by atoms with van der Waals surface area (Å²) in [6.07, 6.45) is 1.67. The fraction of sp³-hybridized carbons (Fsp3) is 0. The number of fused-ring (bicyclic) bond motifs is 2. The Balaban J connectivity index is 1.42. The minimum atomic E-state index is 0.917. The van der Waals surface area contributed by atoms with Gasteiger partial charge in [0, 0.05) is 11.3 Å². The minimum Gasteiger partial charge on any atom is -0.294 e. The van der Waals surface area contributed by atoms with Crippen LogP contribution in [0.25, 0.3) is 44.3 Å². The van der Waals surface area contributed by atoms with Crippen LogP contribution in [-0.4, -0.2) is 9.97 Å². The van der Waals surface area contributed by atoms with Gasteiger partial charge >= 0.3 is 0 Å². The van der Waals surface area contributed by atoms with Gasteiger partial charge in [0.05, 0.1) is 16.6 Å². The van der Waals surface area contributed by atoms with Crippen molar-refractivity contribution in [1.82, 2.24) is 9.97 Å². The maximum atomic E-state index is 4.76. The summed E-state index contributed by atoms with van der Waals surface area (Å²) in [4.78, 5) is 11.7. The van der Waals surface area contributed by atoms with Crippen LogP contribution >= 0.6 is 0 Å². The first-order valence-electron chi connectivity index (χ1n) is 11.8. The largest absolute Gasteiger partial charge is 0.294 e. The van der Waals surface area contributed by atoms with Gasteiger partial charge in [-0.05, 0) is 58.1 Å². The Morgan fingerprint density at radius 2 is 1.11 bits per heavy atom. The van der Waals surface area contributed by atoms with Gasteiger partial charge in [-0.15, -0.1) is 0 Å². The molecule has 1 aliphatic rings. The highest BCUT2D eigenvalue weighted by molar-refractivity contribution is 6.12. The average Bonchev–Trinajstić information content (AvgIpc) is 2.94. The lowest BCUT2D eigenvalue weighted by atomic mass is 9.90. The number of para-hydroxylation sites is 2. The zero-order valence-electron chi connectivity index (χ0n) is 19.0. The highest BCUT2D eigenvalue weighted by atomic mass is 15.2. The molecule has 0 radical (unpaired) electrons. The number of hydrogen-bond donors (Lipinski definition) is 0. The second-order valence-electron chi connectivity index (χ2n) is 8.75. The summed E-state index contributed by atoms with van der Waals surface area (Å²) in [6, 6.07) is 42.7. The molecule has 6 aromatic rings. The van der Waals surface area contributed by atoms with E-state index in [1.165, 1.54) is 27.8 Å². The third-order valence-corrected chi connectivity index (χ3v) is 6.70. The predicted octanol–water partition coefficient (Wildman–Crippen LogP) is 8.41. The van der Waals surface area contributed by atoms with Crippen molar-refractivity contribution in [3.05, 3.63) is 128 Å². The maximum absolute atomic E-state index is 4.76. The van der Waals surface area contributed by atoms with Crippen LogP contribution in [0.2, 0.25) is 0 Å². The van der Waals surface area contributed by atoms with Gasteiger partial charge in [0.2, 0.25) is 0 Å². The highest BCUT2D eigenvalue weighted by Gasteiger charge is 2.27. The molecule has 0 amide bonds. The number of anilines is 3. The first kappa shape index (κ1) is 19.7. The van der Waals surface area contributed by atoms with E-state index in [-0.39, 0.29) is 0 Å². The molecule has 0 unspecified atom stereocenters. The van der Waals surface area contributed by atoms with Crippen LogP contribution in [0.4, 0.5) is 17.2 Å². The van der Waals surface area contributed by atoms with E-state index in [9.17, 15) is 0 Å². The van der Waals surface area contributed by atoms with E-state index >= 15 is 0 Å². The molecule has 1 aromatic heterocycles. The first-order chi connectivity index (χ1) is 17.4. The third kappa shape index (κ3) is 3.21. The van der Waals surface area contributed by atoms with Crippen molar-refractivity contribution in [2.24, 2.45) is 0 Å². The van der Waals surface area contributed by atoms with Crippen LogP contribution in [0, 0.1) is 0 Å². The Labute approximate surface area is 204 Å². The van der Waals surface area contributed by atoms with E-state index in [4.69, 9.17) is 9.97 Å². The molecule has 0 aliphatic carbocycles. The number of benzene rings is 5. The molecule has 0 saturated heterocycles. The average molecular weight is 448 g/mol. The summed E-state index contributed by atoms with van der Waals surface area (Å²) in [7, 11) is 0. The van der Waals surface area contributed by atoms with Crippen molar-refractivity contribution in [3.63, 3.8) is 0 Å². The van der Waals surface area contributed by atoms with Crippen molar-refractivity contribution in [1.29, 1.82) is 0 Å². The second kappa shape index (κ2) is 7.93. The molecule has 3 nitrogen and oxygen atoms in total. The summed E-state index contributed by atoms with van der Waals surface area (Å²) in [5.74, 6) is 0.917. The molecule has 0 N–H and O–H groups in total. The lowest BCUT2D eigenvalue weighted by molar-refractivity contribution is 1.14. The molecule has 0 saturated carbocycles. The molecule has 7 rings (SSSR count). The van der Waals surface area contributed by atoms with Crippen molar-refractivity contribution in [3.8, 4) is 33.4 Å². The number of nitrogens with zero attached hydrogens (tertiary/aromatic N) is 3. The number of hydrogen-bond acceptors (Lipinski definition) is 3. The van der Waals surface area contributed by atoms with E-state index in [0.29, 0.717) is 0 Å². The SMILES string of the molecule is c1ccc(-c2ccc(-c3cc4c5c(ncnc5c3)N(c3ccccc3)c3ccccc3-4)cc2)cc1. The molecule has 164 valence electrons. The monoisotopic (exact) mass is 447 g/mol. The molecular weight excluding hydrogens is 426 g/mol. The van der Waals surface area contributed by atoms with Gasteiger partial charge in [-0.1, -0.05) is 91.0 Å². The maximum Gasteiger partial charge on any atom is 0.149 e. The second-order valence-corrected chi connectivity index (χ2v) is 8.75. The summed E-state index contributed by atoms with van der Waals surface area (Å²) in [6.45, 7) is 0. The quantitative estimate of drug-likeness (QED) is 0.272. The summed E-state index contributed by atoms with van der Waals surface area (Å²) >= 11 is 0. The van der Waals surface area contributed by atoms with Gasteiger partial charge in [-0.3, -0.25) is 4.90 Å². The van der Waals surface area contributed by atoms with Crippen molar-refractivity contribution in [2.75, 3.05) is 4.90 Å². The molecule has 3 heteroatoms. The molecule has 0 bridgehead atoms. The molecule has 2 heterocycles. The summed E-state index contributed by atoms with van der Waals surface area (Å²) < 4.78 is 0. The van der Waals surface area contributed by atoms with Gasteiger partial charge in [0.25, 0.3) is 0 Å². The van der Waals surface area contributed by atoms with Gasteiger partial charge in [-0.2, -0.15) is 0 Å². The molecule has 1 aliphatic heterocycles. The Hall–Kier alpha value is -4.76. The van der Waals surface area contributed by atoms with Gasteiger partial charge in [0.1, 0.15) is 12.1 Å². The fourth-order valence-electron chi connectivity index (χ4n) is 5.06. The topological polar surface area (TPSA) is 29.0 Å². The van der Waals surface area contributed by atoms with Crippen LogP contribution in [0.3, 0.4) is 0 Å². The highest BCUT2D eigenvalue weighted by Crippen LogP contribution is 2.50. The zero-order valence-corrected chi connectivity index (χ0v) is 19.0. The number of aromatic nitrogens is 2. The van der Waals surface area contributed by atoms with Crippen molar-refractivity contribution >= 4 is 28.1 Å². The van der Waals surface area contributed by atoms with E-state index in [0.717, 1.165) is 33.7 Å². The van der Waals surface area contributed by atoms with Crippen LogP contribution in [0.15, 0.2) is 128 Å². The molecule has 5 aromatic carbocycles. The minimum absolute atomic E-state index is 0.917. The first-order valence-corrected chi connectivity index (χ1v) is 11.8. The van der Waals surface area contributed by atoms with E-state index in [1.54, 1.807) is 6.33 Å². The van der Waals surface area contributed by atoms with E-state index in [1.807, 2.05) is 12.1 Å². The Morgan fingerprint density at radius 1 is 0.486 bits per heavy atom. The van der Waals surface area contributed by atoms with Crippen LogP contribution in [0.1, 0.15) is 0 Å². The van der Waals surface area contributed by atoms with Gasteiger partial charge in [0.15, 0.2) is 0 Å². The Bertz CT molecular complexity index is 1670. The number of rotatable bonds is 3. The van der Waals surface area contributed by atoms with E-state index < -0.39 is 0 Å². The van der Waals surface area contributed by atoms with Gasteiger partial charge < -0.3 is 0 Å². The Morgan fingerprint density at radius 3 is 1.89 bits per heavy atom. The Kier molecular flexibility index (Phi) is 4.46. The van der Waals surface area contributed by atoms with Crippen LogP contribution < -0.4 is 4.90 Å². The van der Waals surface area contributed by atoms with Crippen LogP contribution in [0.5, 0.6) is 0 Å². The van der Waals surface area contributed by atoms with Crippen molar-refractivity contribution < 1.29 is 0 Å². The fourth-order valence-corrected chi connectivity index (χ4v) is 5.06. The summed E-state index contributed by atoms with van der Waals surface area (Å²) in [5.41, 5.74) is 10.3. The lowest BCUT2D eigenvalue weighted by Crippen LogP contribution is -2.16. The molecule has 0 atom stereocenters. The molecule has 0 fully saturated rings. The lowest BCUT2D eigenvalue weighted by Gasteiger charge is -2.32. The van der Waals surface area contributed by atoms with Gasteiger partial charge in [-0.25, -0.2) is 9.97 Å². The standard InChI is InChI=1S/C32H21N3/c1-3-9-22(10-4-1)23-15-17-24(18-16-23)25-19-28-27-13-7-8-14-30(27)35(26-11-5-2-6-12-26)32-31(28)29(20-25)33-21-34-32/h1-21H. The third-order valence-electron chi connectivity index (χ3n) is 6.70.